The van der Waals surface area contributed by atoms with Gasteiger partial charge in [0.1, 0.15) is 5.82 Å². The Kier molecular flexibility index (Phi) is 5.19. The van der Waals surface area contributed by atoms with Gasteiger partial charge in [-0.1, -0.05) is 17.7 Å². The van der Waals surface area contributed by atoms with E-state index in [9.17, 15) is 4.39 Å². The predicted molar refractivity (Wildman–Crippen MR) is 64.2 cm³/mol. The van der Waals surface area contributed by atoms with Gasteiger partial charge in [0, 0.05) is 18.2 Å². The van der Waals surface area contributed by atoms with Crippen molar-refractivity contribution in [1.82, 2.24) is 0 Å². The SMILES string of the molecule is COC(C)CC(N)Cc1ccc(Cl)cc1F. The lowest BCUT2D eigenvalue weighted by molar-refractivity contribution is 0.104. The number of hydrogen-bond acceptors (Lipinski definition) is 2. The summed E-state index contributed by atoms with van der Waals surface area (Å²) >= 11 is 5.67. The molecule has 0 saturated carbocycles. The summed E-state index contributed by atoms with van der Waals surface area (Å²) < 4.78 is 18.6. The predicted octanol–water partition coefficient (Wildman–Crippen LogP) is 2.77. The topological polar surface area (TPSA) is 35.2 Å². The van der Waals surface area contributed by atoms with Crippen LogP contribution in [0.1, 0.15) is 18.9 Å². The Bertz CT molecular complexity index is 346. The standard InChI is InChI=1S/C12H17ClFNO/c1-8(16-2)5-11(15)6-9-3-4-10(13)7-12(9)14/h3-4,7-8,11H,5-6,15H2,1-2H3. The molecule has 1 rings (SSSR count). The maximum atomic E-state index is 13.5. The minimum Gasteiger partial charge on any atom is -0.382 e. The van der Waals surface area contributed by atoms with Gasteiger partial charge in [0.05, 0.1) is 6.10 Å². The Hall–Kier alpha value is -0.640. The first-order chi connectivity index (χ1) is 7.52. The minimum atomic E-state index is -0.298. The molecule has 0 radical (unpaired) electrons. The van der Waals surface area contributed by atoms with Crippen molar-refractivity contribution in [3.05, 3.63) is 34.6 Å². The van der Waals surface area contributed by atoms with Crippen molar-refractivity contribution >= 4 is 11.6 Å². The molecule has 1 aromatic rings. The fraction of sp³-hybridized carbons (Fsp3) is 0.500. The molecule has 2 unspecified atom stereocenters. The van der Waals surface area contributed by atoms with Gasteiger partial charge in [0.2, 0.25) is 0 Å². The minimum absolute atomic E-state index is 0.0883. The molecule has 0 fully saturated rings. The summed E-state index contributed by atoms with van der Waals surface area (Å²) in [6, 6.07) is 4.55. The highest BCUT2D eigenvalue weighted by Crippen LogP contribution is 2.16. The smallest absolute Gasteiger partial charge is 0.127 e. The maximum Gasteiger partial charge on any atom is 0.127 e. The van der Waals surface area contributed by atoms with Crippen LogP contribution in [0.15, 0.2) is 18.2 Å². The second kappa shape index (κ2) is 6.18. The lowest BCUT2D eigenvalue weighted by Gasteiger charge is -2.16. The van der Waals surface area contributed by atoms with Crippen LogP contribution in [-0.2, 0) is 11.2 Å². The van der Waals surface area contributed by atoms with Crippen LogP contribution in [0.4, 0.5) is 4.39 Å². The van der Waals surface area contributed by atoms with Crippen LogP contribution >= 0.6 is 11.6 Å². The Morgan fingerprint density at radius 2 is 2.19 bits per heavy atom. The fourth-order valence-electron chi connectivity index (χ4n) is 1.58. The van der Waals surface area contributed by atoms with Crippen LogP contribution < -0.4 is 5.73 Å². The largest absolute Gasteiger partial charge is 0.382 e. The van der Waals surface area contributed by atoms with E-state index in [0.29, 0.717) is 23.4 Å². The van der Waals surface area contributed by atoms with Crippen LogP contribution in [0, 0.1) is 5.82 Å². The van der Waals surface area contributed by atoms with Crippen LogP contribution in [-0.4, -0.2) is 19.3 Å². The lowest BCUT2D eigenvalue weighted by atomic mass is 10.0. The first-order valence-corrected chi connectivity index (χ1v) is 5.63. The highest BCUT2D eigenvalue weighted by Gasteiger charge is 2.11. The molecule has 90 valence electrons. The van der Waals surface area contributed by atoms with E-state index >= 15 is 0 Å². The molecule has 16 heavy (non-hydrogen) atoms. The van der Waals surface area contributed by atoms with E-state index < -0.39 is 0 Å². The molecular weight excluding hydrogens is 229 g/mol. The number of nitrogens with two attached hydrogens (primary N) is 1. The molecule has 0 aliphatic rings. The zero-order valence-corrected chi connectivity index (χ0v) is 10.3. The third-order valence-electron chi connectivity index (χ3n) is 2.53. The quantitative estimate of drug-likeness (QED) is 0.866. The second-order valence-electron chi connectivity index (χ2n) is 3.98. The summed E-state index contributed by atoms with van der Waals surface area (Å²) in [5, 5.41) is 0.403. The highest BCUT2D eigenvalue weighted by molar-refractivity contribution is 6.30. The number of rotatable bonds is 5. The van der Waals surface area contributed by atoms with Crippen molar-refractivity contribution in [2.45, 2.75) is 31.9 Å². The third-order valence-corrected chi connectivity index (χ3v) is 2.77. The molecule has 1 aromatic carbocycles. The normalized spacial score (nSPS) is 14.8. The van der Waals surface area contributed by atoms with Gasteiger partial charge in [-0.25, -0.2) is 4.39 Å². The van der Waals surface area contributed by atoms with E-state index in [0.717, 1.165) is 0 Å². The van der Waals surface area contributed by atoms with Gasteiger partial charge in [0.15, 0.2) is 0 Å². The molecule has 0 aliphatic carbocycles. The number of methoxy groups -OCH3 is 1. The molecular formula is C12H17ClFNO. The van der Waals surface area contributed by atoms with Crippen molar-refractivity contribution in [2.75, 3.05) is 7.11 Å². The highest BCUT2D eigenvalue weighted by atomic mass is 35.5. The first kappa shape index (κ1) is 13.4. The molecule has 0 bridgehead atoms. The Labute approximate surface area is 101 Å². The van der Waals surface area contributed by atoms with Gasteiger partial charge in [-0.3, -0.25) is 0 Å². The molecule has 0 aromatic heterocycles. The van der Waals surface area contributed by atoms with E-state index in [-0.39, 0.29) is 18.0 Å². The van der Waals surface area contributed by atoms with Crippen LogP contribution in [0.25, 0.3) is 0 Å². The molecule has 0 saturated heterocycles. The number of hydrogen-bond donors (Lipinski definition) is 1. The van der Waals surface area contributed by atoms with E-state index in [1.165, 1.54) is 6.07 Å². The maximum absolute atomic E-state index is 13.5. The average Bonchev–Trinajstić information content (AvgIpc) is 2.22. The van der Waals surface area contributed by atoms with E-state index in [1.807, 2.05) is 6.92 Å². The van der Waals surface area contributed by atoms with E-state index in [2.05, 4.69) is 0 Å². The summed E-state index contributed by atoms with van der Waals surface area (Å²) in [5.41, 5.74) is 6.51. The third kappa shape index (κ3) is 4.08. The van der Waals surface area contributed by atoms with E-state index in [4.69, 9.17) is 22.1 Å². The number of halogens is 2. The molecule has 2 nitrogen and oxygen atoms in total. The van der Waals surface area contributed by atoms with Gasteiger partial charge < -0.3 is 10.5 Å². The molecule has 0 aliphatic heterocycles. The van der Waals surface area contributed by atoms with Crippen molar-refractivity contribution < 1.29 is 9.13 Å². The molecule has 4 heteroatoms. The molecule has 0 amide bonds. The van der Waals surface area contributed by atoms with Crippen molar-refractivity contribution in [3.8, 4) is 0 Å². The molecule has 0 heterocycles. The van der Waals surface area contributed by atoms with Crippen molar-refractivity contribution in [2.24, 2.45) is 5.73 Å². The fourth-order valence-corrected chi connectivity index (χ4v) is 1.73. The summed E-state index contributed by atoms with van der Waals surface area (Å²) in [5.74, 6) is -0.298. The lowest BCUT2D eigenvalue weighted by Crippen LogP contribution is -2.28. The molecule has 2 N–H and O–H groups in total. The Balaban J connectivity index is 2.59. The van der Waals surface area contributed by atoms with Gasteiger partial charge >= 0.3 is 0 Å². The molecule has 2 atom stereocenters. The van der Waals surface area contributed by atoms with Crippen LogP contribution in [0.5, 0.6) is 0 Å². The first-order valence-electron chi connectivity index (χ1n) is 5.25. The van der Waals surface area contributed by atoms with Crippen molar-refractivity contribution in [1.29, 1.82) is 0 Å². The van der Waals surface area contributed by atoms with Gasteiger partial charge in [0.25, 0.3) is 0 Å². The number of ether oxygens (including phenoxy) is 1. The monoisotopic (exact) mass is 245 g/mol. The zero-order valence-electron chi connectivity index (χ0n) is 9.54. The molecule has 0 spiro atoms. The second-order valence-corrected chi connectivity index (χ2v) is 4.42. The average molecular weight is 246 g/mol. The van der Waals surface area contributed by atoms with Crippen LogP contribution in [0.2, 0.25) is 5.02 Å². The van der Waals surface area contributed by atoms with Crippen LogP contribution in [0.3, 0.4) is 0 Å². The Morgan fingerprint density at radius 1 is 1.50 bits per heavy atom. The summed E-state index contributed by atoms with van der Waals surface area (Å²) in [6.45, 7) is 1.94. The zero-order chi connectivity index (χ0) is 12.1. The van der Waals surface area contributed by atoms with Gasteiger partial charge in [-0.2, -0.15) is 0 Å². The Morgan fingerprint density at radius 3 is 2.75 bits per heavy atom. The van der Waals surface area contributed by atoms with Crippen molar-refractivity contribution in [3.63, 3.8) is 0 Å². The van der Waals surface area contributed by atoms with E-state index in [1.54, 1.807) is 19.2 Å². The van der Waals surface area contributed by atoms with Gasteiger partial charge in [-0.15, -0.1) is 0 Å². The van der Waals surface area contributed by atoms with Gasteiger partial charge in [-0.05, 0) is 37.5 Å². The summed E-state index contributed by atoms with van der Waals surface area (Å²) in [6.07, 6.45) is 1.29. The summed E-state index contributed by atoms with van der Waals surface area (Å²) in [7, 11) is 1.64. The number of benzene rings is 1. The summed E-state index contributed by atoms with van der Waals surface area (Å²) in [4.78, 5) is 0.